The zero-order chi connectivity index (χ0) is 32.8. The second-order valence-corrected chi connectivity index (χ2v) is 10.6. The van der Waals surface area contributed by atoms with Gasteiger partial charge in [0.1, 0.15) is 48.5 Å². The number of hydrogen-bond donors (Lipinski definition) is 8. The maximum absolute atomic E-state index is 12.8. The van der Waals surface area contributed by atoms with Gasteiger partial charge in [0.25, 0.3) is 0 Å². The van der Waals surface area contributed by atoms with E-state index in [1.165, 1.54) is 50.4 Å². The number of carbonyl (C=O) groups is 1. The summed E-state index contributed by atoms with van der Waals surface area (Å²) in [6, 6.07) is 9.93. The van der Waals surface area contributed by atoms with Crippen LogP contribution in [0.4, 0.5) is 0 Å². The van der Waals surface area contributed by atoms with Gasteiger partial charge in [-0.25, -0.2) is 4.79 Å². The van der Waals surface area contributed by atoms with E-state index in [-0.39, 0.29) is 18.1 Å². The number of carbonyl (C=O) groups excluding carboxylic acids is 1. The highest BCUT2D eigenvalue weighted by Crippen LogP contribution is 2.33. The highest BCUT2D eigenvalue weighted by atomic mass is 16.7. The smallest absolute Gasteiger partial charge is 0.331 e. The topological polar surface area (TPSA) is 234 Å². The number of aliphatic hydroxyl groups is 5. The van der Waals surface area contributed by atoms with E-state index in [2.05, 4.69) is 0 Å². The van der Waals surface area contributed by atoms with Crippen molar-refractivity contribution in [3.8, 4) is 17.2 Å². The predicted octanol–water partition coefficient (Wildman–Crippen LogP) is -0.577. The minimum atomic E-state index is -1.77. The molecule has 248 valence electrons. The molecule has 0 spiro atoms. The molecule has 2 aromatic rings. The van der Waals surface area contributed by atoms with Gasteiger partial charge in [-0.2, -0.15) is 0 Å². The summed E-state index contributed by atoms with van der Waals surface area (Å²) in [5, 5.41) is 81.4. The van der Waals surface area contributed by atoms with Crippen molar-refractivity contribution in [1.29, 1.82) is 0 Å². The van der Waals surface area contributed by atoms with Gasteiger partial charge in [-0.1, -0.05) is 18.2 Å². The van der Waals surface area contributed by atoms with Crippen LogP contribution in [-0.4, -0.2) is 129 Å². The van der Waals surface area contributed by atoms with E-state index in [0.717, 1.165) is 6.08 Å². The fourth-order valence-corrected chi connectivity index (χ4v) is 4.90. The highest BCUT2D eigenvalue weighted by Gasteiger charge is 2.52. The third-order valence-corrected chi connectivity index (χ3v) is 7.52. The summed E-state index contributed by atoms with van der Waals surface area (Å²) in [4.78, 5) is 12.8. The van der Waals surface area contributed by atoms with Crippen molar-refractivity contribution in [1.82, 2.24) is 0 Å². The van der Waals surface area contributed by atoms with Gasteiger partial charge in [0, 0.05) is 13.2 Å². The Morgan fingerprint density at radius 2 is 1.60 bits per heavy atom. The standard InChI is InChI=1S/C30H38O15/c1-14-23(36)24(37)25(38)30(42-14)45-28-26(39)29(41-13-21(40-2)16-6-9-18(33)19(34)11-16)43-20(12-31)27(28)44-22(35)10-5-15-3-7-17(32)8-4-15/h3-11,14,20-21,23-34,36-39H,12-13H2,1-2H3/t14-,20-,21-,23+,24-,25-,26-,27-,28+,29-,30+/m1/s1. The predicted molar refractivity (Wildman–Crippen MR) is 151 cm³/mol. The molecule has 0 unspecified atom stereocenters. The van der Waals surface area contributed by atoms with E-state index in [0.29, 0.717) is 11.1 Å². The van der Waals surface area contributed by atoms with Crippen molar-refractivity contribution >= 4 is 12.0 Å². The van der Waals surface area contributed by atoms with Gasteiger partial charge in [0.05, 0.1) is 19.3 Å². The zero-order valence-corrected chi connectivity index (χ0v) is 24.4. The van der Waals surface area contributed by atoms with Gasteiger partial charge >= 0.3 is 5.97 Å². The molecule has 2 aromatic carbocycles. The van der Waals surface area contributed by atoms with E-state index < -0.39 is 85.8 Å². The van der Waals surface area contributed by atoms with E-state index in [1.54, 1.807) is 12.1 Å². The van der Waals surface area contributed by atoms with Gasteiger partial charge in [0.15, 0.2) is 30.2 Å². The number of esters is 1. The Morgan fingerprint density at radius 3 is 2.24 bits per heavy atom. The van der Waals surface area contributed by atoms with Crippen LogP contribution >= 0.6 is 0 Å². The largest absolute Gasteiger partial charge is 0.508 e. The fraction of sp³-hybridized carbons (Fsp3) is 0.500. The molecule has 15 nitrogen and oxygen atoms in total. The van der Waals surface area contributed by atoms with Crippen LogP contribution in [0.5, 0.6) is 17.2 Å². The van der Waals surface area contributed by atoms with Gasteiger partial charge in [-0.15, -0.1) is 0 Å². The molecular weight excluding hydrogens is 600 g/mol. The third kappa shape index (κ3) is 8.28. The minimum absolute atomic E-state index is 0.0303. The van der Waals surface area contributed by atoms with Gasteiger partial charge in [-0.3, -0.25) is 0 Å². The van der Waals surface area contributed by atoms with Crippen molar-refractivity contribution in [3.05, 3.63) is 59.7 Å². The van der Waals surface area contributed by atoms with Crippen LogP contribution in [0.2, 0.25) is 0 Å². The summed E-state index contributed by atoms with van der Waals surface area (Å²) >= 11 is 0. The minimum Gasteiger partial charge on any atom is -0.508 e. The molecule has 0 aliphatic carbocycles. The molecule has 15 heteroatoms. The first kappa shape index (κ1) is 34.5. The number of phenols is 3. The average molecular weight is 639 g/mol. The fourth-order valence-electron chi connectivity index (χ4n) is 4.90. The summed E-state index contributed by atoms with van der Waals surface area (Å²) in [6.45, 7) is 0.422. The molecule has 45 heavy (non-hydrogen) atoms. The Labute approximate surface area is 258 Å². The second kappa shape index (κ2) is 15.3. The Bertz CT molecular complexity index is 1290. The third-order valence-electron chi connectivity index (χ3n) is 7.52. The molecule has 0 radical (unpaired) electrons. The second-order valence-electron chi connectivity index (χ2n) is 10.6. The van der Waals surface area contributed by atoms with Crippen molar-refractivity contribution in [2.24, 2.45) is 0 Å². The Morgan fingerprint density at radius 1 is 0.889 bits per heavy atom. The Hall–Kier alpha value is -3.35. The van der Waals surface area contributed by atoms with Crippen LogP contribution in [0.15, 0.2) is 48.5 Å². The molecule has 0 aromatic heterocycles. The first-order chi connectivity index (χ1) is 21.4. The average Bonchev–Trinajstić information content (AvgIpc) is 3.02. The molecule has 8 N–H and O–H groups in total. The molecule has 0 saturated carbocycles. The number of rotatable bonds is 11. The maximum atomic E-state index is 12.8. The SMILES string of the molecule is CO[C@H](CO[C@@H]1O[C@H](CO)[C@@H](OC(=O)C=Cc2ccc(O)cc2)[C@@H](O[C@@H]2O[C@H](C)[C@H](O)[C@@H](O)[C@H]2O)[C@H]1O)c1ccc(O)c(O)c1. The van der Waals surface area contributed by atoms with Crippen LogP contribution in [0.3, 0.4) is 0 Å². The lowest BCUT2D eigenvalue weighted by molar-refractivity contribution is -0.358. The molecule has 2 fully saturated rings. The first-order valence-corrected chi connectivity index (χ1v) is 14.1. The molecular formula is C30H38O15. The molecule has 0 amide bonds. The number of benzene rings is 2. The molecule has 0 bridgehead atoms. The van der Waals surface area contributed by atoms with Crippen LogP contribution in [-0.2, 0) is 33.2 Å². The van der Waals surface area contributed by atoms with Gasteiger partial charge < -0.3 is 69.3 Å². The lowest BCUT2D eigenvalue weighted by Gasteiger charge is -2.46. The normalized spacial score (nSPS) is 32.8. The summed E-state index contributed by atoms with van der Waals surface area (Å²) in [6.07, 6.45) is -13.5. The first-order valence-electron chi connectivity index (χ1n) is 14.1. The number of aromatic hydroxyl groups is 3. The van der Waals surface area contributed by atoms with E-state index in [9.17, 15) is 45.6 Å². The number of phenolic OH excluding ortho intramolecular Hbond substituents is 3. The van der Waals surface area contributed by atoms with E-state index in [1.807, 2.05) is 0 Å². The molecule has 2 aliphatic rings. The van der Waals surface area contributed by atoms with Crippen molar-refractivity contribution < 1.29 is 74.1 Å². The molecule has 4 rings (SSSR count). The lowest BCUT2D eigenvalue weighted by atomic mass is 9.97. The summed E-state index contributed by atoms with van der Waals surface area (Å²) in [5.74, 6) is -1.63. The molecule has 11 atom stereocenters. The maximum Gasteiger partial charge on any atom is 0.331 e. The summed E-state index contributed by atoms with van der Waals surface area (Å²) < 4.78 is 33.9. The van der Waals surface area contributed by atoms with Crippen LogP contribution in [0, 0.1) is 0 Å². The van der Waals surface area contributed by atoms with Crippen LogP contribution in [0.1, 0.15) is 24.2 Å². The Kier molecular flexibility index (Phi) is 11.7. The zero-order valence-electron chi connectivity index (χ0n) is 24.4. The van der Waals surface area contributed by atoms with Crippen molar-refractivity contribution in [2.45, 2.75) is 74.4 Å². The summed E-state index contributed by atoms with van der Waals surface area (Å²) in [7, 11) is 1.36. The highest BCUT2D eigenvalue weighted by molar-refractivity contribution is 5.87. The van der Waals surface area contributed by atoms with Crippen LogP contribution < -0.4 is 0 Å². The molecule has 2 saturated heterocycles. The van der Waals surface area contributed by atoms with E-state index >= 15 is 0 Å². The summed E-state index contributed by atoms with van der Waals surface area (Å²) in [5.41, 5.74) is 0.969. The van der Waals surface area contributed by atoms with Crippen molar-refractivity contribution in [2.75, 3.05) is 20.3 Å². The number of hydrogen-bond acceptors (Lipinski definition) is 15. The van der Waals surface area contributed by atoms with Crippen molar-refractivity contribution in [3.63, 3.8) is 0 Å². The van der Waals surface area contributed by atoms with E-state index in [4.69, 9.17) is 28.4 Å². The van der Waals surface area contributed by atoms with Gasteiger partial charge in [0.2, 0.25) is 0 Å². The lowest BCUT2D eigenvalue weighted by Crippen LogP contribution is -2.65. The monoisotopic (exact) mass is 638 g/mol. The van der Waals surface area contributed by atoms with Gasteiger partial charge in [-0.05, 0) is 48.4 Å². The number of aliphatic hydroxyl groups excluding tert-OH is 5. The van der Waals surface area contributed by atoms with Crippen LogP contribution in [0.25, 0.3) is 6.08 Å². The molecule has 2 heterocycles. The quantitative estimate of drug-likeness (QED) is 0.0874. The number of methoxy groups -OCH3 is 1. The molecule has 2 aliphatic heterocycles. The Balaban J connectivity index is 1.55. The number of ether oxygens (including phenoxy) is 6.